The lowest BCUT2D eigenvalue weighted by atomic mass is 10.0. The molecule has 27 N–H and O–H groups in total. The van der Waals surface area contributed by atoms with E-state index in [2.05, 4.69) is 84.4 Å². The summed E-state index contributed by atoms with van der Waals surface area (Å²) in [4.78, 5) is 232. The summed E-state index contributed by atoms with van der Waals surface area (Å²) in [5.74, 6) is -18.8. The zero-order chi connectivity index (χ0) is 80.6. The number of carboxylic acid groups (broad SMARTS) is 2. The fourth-order valence-corrected chi connectivity index (χ4v) is 10.1. The first-order chi connectivity index (χ1) is 50.4. The van der Waals surface area contributed by atoms with Crippen LogP contribution in [0.3, 0.4) is 0 Å². The van der Waals surface area contributed by atoms with Gasteiger partial charge in [-0.15, -0.1) is 0 Å². The Kier molecular flexibility index (Phi) is 41.7. The number of hydrogen-bond acceptors (Lipinski definition) is 23. The molecule has 596 valence electrons. The van der Waals surface area contributed by atoms with Crippen LogP contribution in [0.5, 0.6) is 0 Å². The number of benzene rings is 1. The number of nitrogens with one attached hydrogen (secondary N) is 15. The van der Waals surface area contributed by atoms with Crippen LogP contribution in [-0.4, -0.2) is 249 Å². The number of aliphatic carboxylic acids is 2. The van der Waals surface area contributed by atoms with Gasteiger partial charge in [-0.05, 0) is 103 Å². The highest BCUT2D eigenvalue weighted by Crippen LogP contribution is 2.12. The van der Waals surface area contributed by atoms with Crippen LogP contribution >= 0.6 is 0 Å². The monoisotopic (exact) mass is 1510 g/mol. The number of aliphatic hydroxyl groups is 2. The summed E-state index contributed by atoms with van der Waals surface area (Å²) in [6.07, 6.45) is 0.363. The number of rotatable bonds is 51. The van der Waals surface area contributed by atoms with Gasteiger partial charge in [-0.1, -0.05) is 58.0 Å². The normalized spacial score (nSPS) is 14.7. The Morgan fingerprint density at radius 3 is 1.36 bits per heavy atom. The lowest BCUT2D eigenvalue weighted by Crippen LogP contribution is -2.60. The molecule has 15 amide bonds. The molecule has 1 aromatic heterocycles. The number of unbranched alkanes of at least 4 members (excludes halogenated alkanes) is 2. The van der Waals surface area contributed by atoms with Gasteiger partial charge in [0, 0.05) is 31.2 Å². The van der Waals surface area contributed by atoms with Gasteiger partial charge in [0.15, 0.2) is 0 Å². The number of aromatic amines is 1. The SMILES string of the molecule is CC(C)C[C@H](NC(=O)[C@@H](NC(=O)CNC(=O)[C@H](CCC(N)=O)NC(=O)[C@H](C)NC(=O)[C@H](CC(=O)O)NC(=O)[C@@H](NC(=O)CNC(=O)[C@H](CCCCN)NC(=O)[C@H](Cc1ccccc1)NC(=O)CNC(=O)[C@H](CCCCN)NC(=O)[C@H](Cc1cnc[nH]1)NC(=O)[C@H](C)N)C(C)C)[C@@H](C)O)C(=O)N[C@@H](CO)C(=O)O. The van der Waals surface area contributed by atoms with E-state index in [-0.39, 0.29) is 57.5 Å². The molecule has 41 heteroatoms. The highest BCUT2D eigenvalue weighted by atomic mass is 16.4. The largest absolute Gasteiger partial charge is 0.481 e. The van der Waals surface area contributed by atoms with E-state index < -0.39 is 231 Å². The molecule has 0 saturated heterocycles. The van der Waals surface area contributed by atoms with Gasteiger partial charge >= 0.3 is 11.9 Å². The lowest BCUT2D eigenvalue weighted by molar-refractivity contribution is -0.143. The van der Waals surface area contributed by atoms with Crippen molar-refractivity contribution in [2.24, 2.45) is 34.8 Å². The summed E-state index contributed by atoms with van der Waals surface area (Å²) >= 11 is 0. The lowest BCUT2D eigenvalue weighted by Gasteiger charge is -2.26. The number of aromatic nitrogens is 2. The van der Waals surface area contributed by atoms with E-state index in [4.69, 9.17) is 22.9 Å². The van der Waals surface area contributed by atoms with Crippen molar-refractivity contribution in [3.8, 4) is 0 Å². The van der Waals surface area contributed by atoms with E-state index in [9.17, 15) is 102 Å². The summed E-state index contributed by atoms with van der Waals surface area (Å²) < 4.78 is 0. The maximum absolute atomic E-state index is 14.3. The van der Waals surface area contributed by atoms with Crippen molar-refractivity contribution in [1.82, 2.24) is 84.4 Å². The number of carbonyl (C=O) groups is 17. The molecule has 0 aliphatic carbocycles. The van der Waals surface area contributed by atoms with Crippen LogP contribution in [0.1, 0.15) is 124 Å². The van der Waals surface area contributed by atoms with E-state index in [1.165, 1.54) is 33.3 Å². The maximum atomic E-state index is 14.3. The van der Waals surface area contributed by atoms with Crippen LogP contribution in [0.15, 0.2) is 42.9 Å². The second-order valence-corrected chi connectivity index (χ2v) is 26.1. The number of amides is 15. The molecule has 1 heterocycles. The minimum absolute atomic E-state index is 0.0394. The van der Waals surface area contributed by atoms with Crippen molar-refractivity contribution in [3.63, 3.8) is 0 Å². The molecule has 0 unspecified atom stereocenters. The predicted octanol–water partition coefficient (Wildman–Crippen LogP) is -8.60. The minimum atomic E-state index is -1.95. The fourth-order valence-electron chi connectivity index (χ4n) is 10.1. The van der Waals surface area contributed by atoms with Gasteiger partial charge in [0.05, 0.1) is 51.1 Å². The van der Waals surface area contributed by atoms with Crippen LogP contribution in [-0.2, 0) is 94.3 Å². The Morgan fingerprint density at radius 2 is 0.916 bits per heavy atom. The Morgan fingerprint density at radius 1 is 0.477 bits per heavy atom. The molecule has 41 nitrogen and oxygen atoms in total. The molecule has 0 aliphatic rings. The fraction of sp³-hybridized carbons (Fsp3) is 0.606. The van der Waals surface area contributed by atoms with Gasteiger partial charge in [0.1, 0.15) is 66.5 Å². The van der Waals surface area contributed by atoms with Crippen LogP contribution < -0.4 is 97.4 Å². The molecular formula is C66H106N20O21. The van der Waals surface area contributed by atoms with Crippen molar-refractivity contribution in [1.29, 1.82) is 0 Å². The van der Waals surface area contributed by atoms with Crippen molar-refractivity contribution < 1.29 is 102 Å². The number of carbonyl (C=O) groups excluding carboxylic acids is 15. The predicted molar refractivity (Wildman–Crippen MR) is 379 cm³/mol. The zero-order valence-corrected chi connectivity index (χ0v) is 60.9. The molecule has 0 radical (unpaired) electrons. The second kappa shape index (κ2) is 48.4. The molecular weight excluding hydrogens is 1410 g/mol. The summed E-state index contributed by atoms with van der Waals surface area (Å²) in [5.41, 5.74) is 23.5. The molecule has 0 aliphatic heterocycles. The van der Waals surface area contributed by atoms with Crippen molar-refractivity contribution in [2.75, 3.05) is 39.3 Å². The zero-order valence-electron chi connectivity index (χ0n) is 60.9. The summed E-state index contributed by atoms with van der Waals surface area (Å²) in [6.45, 7) is 6.91. The van der Waals surface area contributed by atoms with Gasteiger partial charge < -0.3 is 123 Å². The smallest absolute Gasteiger partial charge is 0.328 e. The van der Waals surface area contributed by atoms with Crippen molar-refractivity contribution in [2.45, 2.75) is 204 Å². The second-order valence-electron chi connectivity index (χ2n) is 26.1. The third-order valence-electron chi connectivity index (χ3n) is 15.9. The first-order valence-corrected chi connectivity index (χ1v) is 34.7. The van der Waals surface area contributed by atoms with E-state index in [0.29, 0.717) is 30.5 Å². The quantitative estimate of drug-likeness (QED) is 0.0274. The Bertz CT molecular complexity index is 3320. The number of nitrogens with zero attached hydrogens (tertiary/aromatic N) is 1. The Hall–Kier alpha value is -10.8. The third-order valence-corrected chi connectivity index (χ3v) is 15.9. The van der Waals surface area contributed by atoms with Gasteiger partial charge in [-0.2, -0.15) is 0 Å². The van der Waals surface area contributed by atoms with Crippen LogP contribution in [0.4, 0.5) is 0 Å². The maximum Gasteiger partial charge on any atom is 0.328 e. The summed E-state index contributed by atoms with van der Waals surface area (Å²) in [6, 6.07) is -9.48. The van der Waals surface area contributed by atoms with Gasteiger partial charge in [-0.3, -0.25) is 76.7 Å². The molecule has 2 rings (SSSR count). The number of hydrogen-bond donors (Lipinski definition) is 23. The summed E-state index contributed by atoms with van der Waals surface area (Å²) in [7, 11) is 0. The highest BCUT2D eigenvalue weighted by molar-refractivity contribution is 6.00. The van der Waals surface area contributed by atoms with Crippen LogP contribution in [0.2, 0.25) is 0 Å². The molecule has 2 aromatic rings. The standard InChI is InChI=1S/C66H106N20O21/c1-33(2)23-43(61(101)84-47(31-87)66(106)107)82-65(105)54(37(7)88)86-51(92)30-74-59(99)42(19-20-48(70)89)78-56(96)36(6)76-60(100)46(26-52(93)94)83-64(104)53(34(3)4)85-50(91)29-73-58(98)40(17-11-13-21-67)79-62(102)44(24-38-15-9-8-10-16-38)77-49(90)28-72-57(97)41(18-12-14-22-68)80-63(103)45(81-55(95)35(5)69)25-39-27-71-32-75-39/h8-10,15-16,27,32-37,40-47,53-54,87-88H,11-14,17-26,28-31,67-69H2,1-7H3,(H2,70,89)(H,71,75)(H,72,97)(H,73,98)(H,74,99)(H,76,100)(H,77,90)(H,78,96)(H,79,102)(H,80,103)(H,81,95)(H,82,105)(H,83,104)(H,84,101)(H,85,91)(H,86,92)(H,93,94)(H,106,107)/t35-,36-,37+,40-,41-,42-,43-,44-,45-,46-,47-,53-,54-/m0/s1. The topological polar surface area (TPSA) is 672 Å². The molecule has 13 atom stereocenters. The van der Waals surface area contributed by atoms with Gasteiger partial charge in [0.2, 0.25) is 88.6 Å². The number of carboxylic acids is 2. The molecule has 107 heavy (non-hydrogen) atoms. The Balaban J connectivity index is 2.23. The summed E-state index contributed by atoms with van der Waals surface area (Å²) in [5, 5.41) is 72.1. The number of H-pyrrole nitrogens is 1. The van der Waals surface area contributed by atoms with Gasteiger partial charge in [0.25, 0.3) is 0 Å². The van der Waals surface area contributed by atoms with Crippen LogP contribution in [0.25, 0.3) is 0 Å². The minimum Gasteiger partial charge on any atom is -0.481 e. The average Bonchev–Trinajstić information content (AvgIpc) is 1.15. The van der Waals surface area contributed by atoms with Gasteiger partial charge in [-0.25, -0.2) is 9.78 Å². The van der Waals surface area contributed by atoms with E-state index in [0.717, 1.165) is 13.8 Å². The number of primary amides is 1. The van der Waals surface area contributed by atoms with E-state index in [1.807, 2.05) is 0 Å². The molecule has 0 fully saturated rings. The number of nitrogens with two attached hydrogens (primary N) is 4. The molecule has 0 bridgehead atoms. The molecule has 0 spiro atoms. The average molecular weight is 1520 g/mol. The van der Waals surface area contributed by atoms with E-state index >= 15 is 0 Å². The first-order valence-electron chi connectivity index (χ1n) is 34.7. The molecule has 0 saturated carbocycles. The molecule has 1 aromatic carbocycles. The van der Waals surface area contributed by atoms with Crippen molar-refractivity contribution >= 4 is 101 Å². The van der Waals surface area contributed by atoms with Crippen LogP contribution in [0, 0.1) is 11.8 Å². The number of imidazole rings is 1. The van der Waals surface area contributed by atoms with Crippen molar-refractivity contribution in [3.05, 3.63) is 54.1 Å². The third kappa shape index (κ3) is 35.7. The Labute approximate surface area is 617 Å². The highest BCUT2D eigenvalue weighted by Gasteiger charge is 2.37. The van der Waals surface area contributed by atoms with E-state index in [1.54, 1.807) is 44.2 Å². The number of aliphatic hydroxyl groups excluding tert-OH is 2. The first kappa shape index (κ1) is 92.3.